The fourth-order valence-electron chi connectivity index (χ4n) is 2.19. The van der Waals surface area contributed by atoms with Crippen LogP contribution in [0.15, 0.2) is 46.5 Å². The third-order valence-electron chi connectivity index (χ3n) is 3.39. The lowest BCUT2D eigenvalue weighted by Crippen LogP contribution is -2.27. The van der Waals surface area contributed by atoms with E-state index >= 15 is 0 Å². The number of carbonyl (C=O) groups excluding carboxylic acids is 1. The fraction of sp³-hybridized carbons (Fsp3) is 0.176. The minimum absolute atomic E-state index is 0.0483. The fourth-order valence-corrected chi connectivity index (χ4v) is 3.94. The molecule has 3 rings (SSSR count). The van der Waals surface area contributed by atoms with E-state index in [9.17, 15) is 4.79 Å². The van der Waals surface area contributed by atoms with Crippen molar-refractivity contribution in [1.29, 1.82) is 0 Å². The first-order valence-corrected chi connectivity index (χ1v) is 9.27. The Balaban J connectivity index is 1.62. The number of benzene rings is 1. The number of halogens is 1. The van der Waals surface area contributed by atoms with Gasteiger partial charge in [0.25, 0.3) is 0 Å². The summed E-state index contributed by atoms with van der Waals surface area (Å²) in [6.45, 7) is 0.543. The van der Waals surface area contributed by atoms with E-state index in [4.69, 9.17) is 11.6 Å². The monoisotopic (exact) mass is 362 g/mol. The van der Waals surface area contributed by atoms with E-state index in [0.29, 0.717) is 18.0 Å². The molecule has 0 saturated carbocycles. The minimum atomic E-state index is 0.0483. The van der Waals surface area contributed by atoms with Crippen molar-refractivity contribution in [2.45, 2.75) is 13.0 Å². The number of aromatic nitrogens is 1. The van der Waals surface area contributed by atoms with Crippen LogP contribution in [-0.2, 0) is 17.8 Å². The summed E-state index contributed by atoms with van der Waals surface area (Å²) >= 11 is 9.20. The van der Waals surface area contributed by atoms with Crippen LogP contribution in [0.4, 0.5) is 0 Å². The van der Waals surface area contributed by atoms with Gasteiger partial charge >= 0.3 is 0 Å². The Morgan fingerprint density at radius 3 is 2.91 bits per heavy atom. The molecule has 0 bridgehead atoms. The van der Waals surface area contributed by atoms with Crippen molar-refractivity contribution < 1.29 is 4.79 Å². The zero-order valence-corrected chi connectivity index (χ0v) is 14.9. The Morgan fingerprint density at radius 1 is 1.30 bits per heavy atom. The first-order valence-electron chi connectivity index (χ1n) is 7.07. The Labute approximate surface area is 148 Å². The molecule has 0 atom stereocenters. The van der Waals surface area contributed by atoms with Crippen molar-refractivity contribution in [2.75, 3.05) is 7.05 Å². The van der Waals surface area contributed by atoms with Gasteiger partial charge in [-0.25, -0.2) is 4.98 Å². The van der Waals surface area contributed by atoms with Crippen LogP contribution in [0, 0.1) is 0 Å². The summed E-state index contributed by atoms with van der Waals surface area (Å²) in [5.41, 5.74) is 2.95. The number of hydrogen-bond acceptors (Lipinski definition) is 4. The van der Waals surface area contributed by atoms with Gasteiger partial charge in [0, 0.05) is 34.9 Å². The topological polar surface area (TPSA) is 33.2 Å². The number of amides is 1. The van der Waals surface area contributed by atoms with E-state index in [-0.39, 0.29) is 5.91 Å². The number of nitrogens with zero attached hydrogens (tertiary/aromatic N) is 2. The van der Waals surface area contributed by atoms with Gasteiger partial charge in [-0.2, -0.15) is 11.3 Å². The predicted octanol–water partition coefficient (Wildman–Crippen LogP) is 4.73. The van der Waals surface area contributed by atoms with Gasteiger partial charge in [0.2, 0.25) is 5.91 Å². The molecule has 0 aliphatic heterocycles. The maximum Gasteiger partial charge on any atom is 0.228 e. The smallest absolute Gasteiger partial charge is 0.228 e. The van der Waals surface area contributed by atoms with Crippen molar-refractivity contribution in [3.8, 4) is 10.6 Å². The number of carbonyl (C=O) groups is 1. The Morgan fingerprint density at radius 2 is 2.17 bits per heavy atom. The summed E-state index contributed by atoms with van der Waals surface area (Å²) in [5, 5.41) is 7.70. The van der Waals surface area contributed by atoms with Gasteiger partial charge in [-0.05, 0) is 29.1 Å². The van der Waals surface area contributed by atoms with Crippen LogP contribution in [0.3, 0.4) is 0 Å². The number of rotatable bonds is 5. The van der Waals surface area contributed by atoms with Gasteiger partial charge < -0.3 is 4.90 Å². The highest BCUT2D eigenvalue weighted by atomic mass is 35.5. The second kappa shape index (κ2) is 7.25. The molecule has 3 aromatic rings. The molecule has 0 spiro atoms. The van der Waals surface area contributed by atoms with Crippen LogP contribution in [0.1, 0.15) is 11.3 Å². The van der Waals surface area contributed by atoms with Crippen LogP contribution in [0.2, 0.25) is 5.02 Å². The van der Waals surface area contributed by atoms with Crippen molar-refractivity contribution in [3.05, 3.63) is 62.8 Å². The van der Waals surface area contributed by atoms with Crippen LogP contribution in [-0.4, -0.2) is 22.8 Å². The van der Waals surface area contributed by atoms with Crippen molar-refractivity contribution in [1.82, 2.24) is 9.88 Å². The second-order valence-electron chi connectivity index (χ2n) is 5.21. The standard InChI is InChI=1S/C17H15ClN2OS2/c1-20(9-12-3-2-4-14(18)7-12)16(21)8-15-11-23-17(19-15)13-5-6-22-10-13/h2-7,10-11H,8-9H2,1H3. The normalized spacial score (nSPS) is 10.7. The van der Waals surface area contributed by atoms with Gasteiger partial charge in [-0.15, -0.1) is 11.3 Å². The summed E-state index contributed by atoms with van der Waals surface area (Å²) in [7, 11) is 1.80. The summed E-state index contributed by atoms with van der Waals surface area (Å²) < 4.78 is 0. The molecule has 6 heteroatoms. The molecule has 0 fully saturated rings. The summed E-state index contributed by atoms with van der Waals surface area (Å²) in [6, 6.07) is 9.61. The molecule has 2 aromatic heterocycles. The maximum atomic E-state index is 12.4. The Hall–Kier alpha value is -1.69. The zero-order valence-electron chi connectivity index (χ0n) is 12.5. The molecule has 1 amide bonds. The molecule has 3 nitrogen and oxygen atoms in total. The molecule has 1 aromatic carbocycles. The first kappa shape index (κ1) is 16.2. The third kappa shape index (κ3) is 4.19. The first-order chi connectivity index (χ1) is 11.1. The number of thiophene rings is 1. The van der Waals surface area contributed by atoms with E-state index < -0.39 is 0 Å². The molecule has 0 aliphatic rings. The molecular weight excluding hydrogens is 348 g/mol. The lowest BCUT2D eigenvalue weighted by Gasteiger charge is -2.16. The molecule has 0 saturated heterocycles. The Kier molecular flexibility index (Phi) is 5.10. The molecule has 0 radical (unpaired) electrons. The molecule has 0 unspecified atom stereocenters. The van der Waals surface area contributed by atoms with E-state index in [1.165, 1.54) is 0 Å². The van der Waals surface area contributed by atoms with Crippen LogP contribution in [0.5, 0.6) is 0 Å². The molecule has 2 heterocycles. The van der Waals surface area contributed by atoms with Gasteiger partial charge in [0.15, 0.2) is 0 Å². The summed E-state index contributed by atoms with van der Waals surface area (Å²) in [6.07, 6.45) is 0.317. The van der Waals surface area contributed by atoms with Crippen LogP contribution >= 0.6 is 34.3 Å². The highest BCUT2D eigenvalue weighted by Gasteiger charge is 2.13. The van der Waals surface area contributed by atoms with Crippen LogP contribution in [0.25, 0.3) is 10.6 Å². The summed E-state index contributed by atoms with van der Waals surface area (Å²) in [5.74, 6) is 0.0483. The average molecular weight is 363 g/mol. The van der Waals surface area contributed by atoms with Gasteiger partial charge in [-0.3, -0.25) is 4.79 Å². The maximum absolute atomic E-state index is 12.4. The Bertz CT molecular complexity index is 799. The van der Waals surface area contributed by atoms with Gasteiger partial charge in [0.1, 0.15) is 5.01 Å². The SMILES string of the molecule is CN(Cc1cccc(Cl)c1)C(=O)Cc1csc(-c2ccsc2)n1. The number of likely N-dealkylation sites (N-methyl/N-ethyl adjacent to an activating group) is 1. The zero-order chi connectivity index (χ0) is 16.2. The predicted molar refractivity (Wildman–Crippen MR) is 97.1 cm³/mol. The van der Waals surface area contributed by atoms with Crippen LogP contribution < -0.4 is 0 Å². The third-order valence-corrected chi connectivity index (χ3v) is 5.25. The van der Waals surface area contributed by atoms with E-state index in [2.05, 4.69) is 10.4 Å². The molecule has 0 N–H and O–H groups in total. The molecular formula is C17H15ClN2OS2. The van der Waals surface area contributed by atoms with Gasteiger partial charge in [0.05, 0.1) is 12.1 Å². The van der Waals surface area contributed by atoms with Crippen molar-refractivity contribution >= 4 is 40.2 Å². The molecule has 118 valence electrons. The minimum Gasteiger partial charge on any atom is -0.341 e. The van der Waals surface area contributed by atoms with E-state index in [0.717, 1.165) is 21.8 Å². The lowest BCUT2D eigenvalue weighted by atomic mass is 10.2. The lowest BCUT2D eigenvalue weighted by molar-refractivity contribution is -0.129. The van der Waals surface area contributed by atoms with E-state index in [1.807, 2.05) is 41.1 Å². The molecule has 0 aliphatic carbocycles. The van der Waals surface area contributed by atoms with Gasteiger partial charge in [-0.1, -0.05) is 23.7 Å². The van der Waals surface area contributed by atoms with Crippen molar-refractivity contribution in [2.24, 2.45) is 0 Å². The van der Waals surface area contributed by atoms with E-state index in [1.54, 1.807) is 34.6 Å². The molecule has 23 heavy (non-hydrogen) atoms. The summed E-state index contributed by atoms with van der Waals surface area (Å²) in [4.78, 5) is 18.6. The quantitative estimate of drug-likeness (QED) is 0.657. The highest BCUT2D eigenvalue weighted by Crippen LogP contribution is 2.26. The number of thiazole rings is 1. The highest BCUT2D eigenvalue weighted by molar-refractivity contribution is 7.14. The second-order valence-corrected chi connectivity index (χ2v) is 7.29. The average Bonchev–Trinajstić information content (AvgIpc) is 3.17. The number of hydrogen-bond donors (Lipinski definition) is 0. The van der Waals surface area contributed by atoms with Crippen molar-refractivity contribution in [3.63, 3.8) is 0 Å². The largest absolute Gasteiger partial charge is 0.341 e.